The van der Waals surface area contributed by atoms with Gasteiger partial charge in [-0.1, -0.05) is 59.7 Å². The van der Waals surface area contributed by atoms with Gasteiger partial charge in [0.25, 0.3) is 5.89 Å². The average Bonchev–Trinajstić information content (AvgIpc) is 3.38. The van der Waals surface area contributed by atoms with Crippen LogP contribution >= 0.6 is 0 Å². The summed E-state index contributed by atoms with van der Waals surface area (Å²) in [5.74, 6) is -0.300. The lowest BCUT2D eigenvalue weighted by atomic mass is 9.96. The summed E-state index contributed by atoms with van der Waals surface area (Å²) in [5.41, 5.74) is 2.58. The molecule has 9 nitrogen and oxygen atoms in total. The van der Waals surface area contributed by atoms with Crippen LogP contribution in [-0.4, -0.2) is 58.6 Å². The van der Waals surface area contributed by atoms with Gasteiger partial charge in [0.15, 0.2) is 17.6 Å². The second-order valence-electron chi connectivity index (χ2n) is 9.82. The first-order chi connectivity index (χ1) is 19.8. The molecule has 1 N–H and O–H groups in total. The Morgan fingerprint density at radius 1 is 1.05 bits per heavy atom. The highest BCUT2D eigenvalue weighted by molar-refractivity contribution is 6.16. The summed E-state index contributed by atoms with van der Waals surface area (Å²) in [6, 6.07) is 18.0. The Morgan fingerprint density at radius 3 is 2.61 bits per heavy atom. The molecule has 4 heterocycles. The van der Waals surface area contributed by atoms with Crippen LogP contribution in [0.15, 0.2) is 76.3 Å². The van der Waals surface area contributed by atoms with E-state index >= 15 is 0 Å². The number of carbonyl (C=O) groups is 1. The molecule has 0 bridgehead atoms. The largest absolute Gasteiger partial charge is 0.417 e. The molecule has 0 saturated carbocycles. The minimum Gasteiger partial charge on any atom is -0.402 e. The normalized spacial score (nSPS) is 19.4. The van der Waals surface area contributed by atoms with Crippen molar-refractivity contribution in [3.63, 3.8) is 0 Å². The third-order valence-corrected chi connectivity index (χ3v) is 6.91. The van der Waals surface area contributed by atoms with Gasteiger partial charge in [-0.2, -0.15) is 13.2 Å². The first-order valence-electron chi connectivity index (χ1n) is 13.0. The van der Waals surface area contributed by atoms with Crippen LogP contribution in [0.5, 0.6) is 0 Å². The molecule has 4 aromatic rings. The second kappa shape index (κ2) is 10.8. The standard InChI is InChI=1S/C29H25F3N6O3/c1-17-16-38(11-12-40-17)22-14-20(29(30,31)32)15-33-25(22)27-36-37-28(41-27)35-26-23(39)13-19-9-5-6-10-21(19)24(34-26)18-7-3-2-4-8-18/h2-10,14-15,17,26H,11-13,16H2,1H3,(H,35,37)/t17-,26-/m1/s1. The number of alkyl halides is 3. The van der Waals surface area contributed by atoms with Crippen molar-refractivity contribution in [2.45, 2.75) is 31.8 Å². The van der Waals surface area contributed by atoms with E-state index in [1.807, 2.05) is 61.5 Å². The number of Topliss-reactive ketones (excluding diaryl/α,β-unsaturated/α-hetero) is 1. The molecule has 6 rings (SSSR count). The van der Waals surface area contributed by atoms with Crippen LogP contribution in [0.25, 0.3) is 11.6 Å². The summed E-state index contributed by atoms with van der Waals surface area (Å²) in [7, 11) is 0. The van der Waals surface area contributed by atoms with Crippen molar-refractivity contribution >= 4 is 23.2 Å². The molecule has 12 heteroatoms. The Hall–Kier alpha value is -4.58. The molecule has 1 fully saturated rings. The number of ketones is 1. The molecule has 2 aromatic heterocycles. The van der Waals surface area contributed by atoms with Crippen molar-refractivity contribution in [3.05, 3.63) is 89.1 Å². The summed E-state index contributed by atoms with van der Waals surface area (Å²) in [5, 5.41) is 11.0. The Kier molecular flexibility index (Phi) is 7.00. The molecule has 2 aliphatic rings. The fourth-order valence-corrected chi connectivity index (χ4v) is 4.94. The number of aliphatic imine (C=N–C) groups is 1. The second-order valence-corrected chi connectivity index (χ2v) is 9.82. The lowest BCUT2D eigenvalue weighted by molar-refractivity contribution is -0.137. The number of anilines is 2. The Balaban J connectivity index is 1.34. The van der Waals surface area contributed by atoms with Crippen LogP contribution in [0.4, 0.5) is 24.9 Å². The van der Waals surface area contributed by atoms with Crippen molar-refractivity contribution in [3.8, 4) is 11.6 Å². The van der Waals surface area contributed by atoms with Crippen LogP contribution in [0, 0.1) is 0 Å². The molecule has 2 atom stereocenters. The number of aromatic nitrogens is 3. The Labute approximate surface area is 233 Å². The monoisotopic (exact) mass is 562 g/mol. The van der Waals surface area contributed by atoms with Crippen LogP contribution < -0.4 is 10.2 Å². The van der Waals surface area contributed by atoms with Gasteiger partial charge in [0, 0.05) is 36.8 Å². The third-order valence-electron chi connectivity index (χ3n) is 6.91. The average molecular weight is 563 g/mol. The Bertz CT molecular complexity index is 1600. The van der Waals surface area contributed by atoms with Crippen molar-refractivity contribution in [2.75, 3.05) is 29.9 Å². The summed E-state index contributed by atoms with van der Waals surface area (Å²) in [6.07, 6.45) is -4.93. The zero-order valence-corrected chi connectivity index (χ0v) is 21.9. The van der Waals surface area contributed by atoms with E-state index < -0.39 is 17.9 Å². The van der Waals surface area contributed by atoms with Crippen molar-refractivity contribution in [2.24, 2.45) is 4.99 Å². The maximum absolute atomic E-state index is 13.5. The van der Waals surface area contributed by atoms with Gasteiger partial charge >= 0.3 is 12.2 Å². The molecule has 0 spiro atoms. The predicted molar refractivity (Wildman–Crippen MR) is 145 cm³/mol. The molecule has 0 amide bonds. The number of benzene rings is 2. The number of fused-ring (bicyclic) bond motifs is 1. The molecular formula is C29H25F3N6O3. The van der Waals surface area contributed by atoms with E-state index in [1.165, 1.54) is 0 Å². The zero-order valence-electron chi connectivity index (χ0n) is 21.9. The molecule has 2 aliphatic heterocycles. The molecule has 1 saturated heterocycles. The highest BCUT2D eigenvalue weighted by Crippen LogP contribution is 2.36. The summed E-state index contributed by atoms with van der Waals surface area (Å²) in [6.45, 7) is 2.92. The lowest BCUT2D eigenvalue weighted by Crippen LogP contribution is -2.41. The van der Waals surface area contributed by atoms with Crippen LogP contribution in [0.2, 0.25) is 0 Å². The van der Waals surface area contributed by atoms with Gasteiger partial charge < -0.3 is 19.4 Å². The number of hydrogen-bond donors (Lipinski definition) is 1. The van der Waals surface area contributed by atoms with E-state index in [0.717, 1.165) is 29.0 Å². The van der Waals surface area contributed by atoms with Crippen molar-refractivity contribution in [1.82, 2.24) is 15.2 Å². The predicted octanol–water partition coefficient (Wildman–Crippen LogP) is 4.78. The number of nitrogens with one attached hydrogen (secondary N) is 1. The topological polar surface area (TPSA) is 106 Å². The van der Waals surface area contributed by atoms with Gasteiger partial charge in [-0.25, -0.2) is 4.98 Å². The summed E-state index contributed by atoms with van der Waals surface area (Å²) in [4.78, 5) is 23.8. The third kappa shape index (κ3) is 5.55. The molecule has 210 valence electrons. The van der Waals surface area contributed by atoms with Gasteiger partial charge in [0.05, 0.1) is 29.7 Å². The van der Waals surface area contributed by atoms with Gasteiger partial charge in [-0.05, 0) is 18.6 Å². The van der Waals surface area contributed by atoms with E-state index in [4.69, 9.17) is 14.1 Å². The maximum Gasteiger partial charge on any atom is 0.417 e. The smallest absolute Gasteiger partial charge is 0.402 e. The number of rotatable bonds is 5. The maximum atomic E-state index is 13.5. The number of morpholine rings is 1. The van der Waals surface area contributed by atoms with Crippen LogP contribution in [0.3, 0.4) is 0 Å². The van der Waals surface area contributed by atoms with Gasteiger partial charge in [-0.3, -0.25) is 9.79 Å². The number of pyridine rings is 1. The SMILES string of the molecule is C[C@@H]1CN(c2cc(C(F)(F)F)cnc2-c2nnc(N[C@H]3N=C(c4ccccc4)c4ccccc4CC3=O)o2)CCO1. The fourth-order valence-electron chi connectivity index (χ4n) is 4.94. The first kappa shape index (κ1) is 26.6. The molecule has 0 radical (unpaired) electrons. The van der Waals surface area contributed by atoms with Crippen LogP contribution in [0.1, 0.15) is 29.2 Å². The van der Waals surface area contributed by atoms with E-state index in [2.05, 4.69) is 20.5 Å². The van der Waals surface area contributed by atoms with Crippen molar-refractivity contribution in [1.29, 1.82) is 0 Å². The molecule has 2 aromatic carbocycles. The van der Waals surface area contributed by atoms with E-state index in [9.17, 15) is 18.0 Å². The highest BCUT2D eigenvalue weighted by Gasteiger charge is 2.34. The molecule has 0 unspecified atom stereocenters. The number of hydrogen-bond acceptors (Lipinski definition) is 9. The molecule has 41 heavy (non-hydrogen) atoms. The summed E-state index contributed by atoms with van der Waals surface area (Å²) < 4.78 is 52.0. The van der Waals surface area contributed by atoms with Gasteiger partial charge in [-0.15, -0.1) is 5.10 Å². The van der Waals surface area contributed by atoms with E-state index in [0.29, 0.717) is 25.4 Å². The lowest BCUT2D eigenvalue weighted by Gasteiger charge is -2.33. The van der Waals surface area contributed by atoms with E-state index in [1.54, 1.807) is 4.90 Å². The minimum atomic E-state index is -4.58. The van der Waals surface area contributed by atoms with Crippen molar-refractivity contribution < 1.29 is 27.1 Å². The van der Waals surface area contributed by atoms with Gasteiger partial charge in [0.2, 0.25) is 0 Å². The fraction of sp³-hybridized carbons (Fsp3) is 0.276. The van der Waals surface area contributed by atoms with Crippen LogP contribution in [-0.2, 0) is 22.1 Å². The quantitative estimate of drug-likeness (QED) is 0.371. The number of carbonyl (C=O) groups excluding carboxylic acids is 1. The molecular weight excluding hydrogens is 537 g/mol. The summed E-state index contributed by atoms with van der Waals surface area (Å²) >= 11 is 0. The number of ether oxygens (including phenoxy) is 1. The number of halogens is 3. The molecule has 0 aliphatic carbocycles. The zero-order chi connectivity index (χ0) is 28.6. The van der Waals surface area contributed by atoms with Gasteiger partial charge in [0.1, 0.15) is 0 Å². The highest BCUT2D eigenvalue weighted by atomic mass is 19.4. The first-order valence-corrected chi connectivity index (χ1v) is 13.0. The van der Waals surface area contributed by atoms with E-state index in [-0.39, 0.29) is 41.6 Å². The Morgan fingerprint density at radius 2 is 1.83 bits per heavy atom. The minimum absolute atomic E-state index is 0.0908. The number of nitrogens with zero attached hydrogens (tertiary/aromatic N) is 5.